The van der Waals surface area contributed by atoms with Crippen molar-refractivity contribution in [2.75, 3.05) is 12.3 Å². The predicted molar refractivity (Wildman–Crippen MR) is 57.6 cm³/mol. The van der Waals surface area contributed by atoms with Gasteiger partial charge >= 0.3 is 11.5 Å². The molecule has 0 spiro atoms. The molecule has 0 saturated carbocycles. The van der Waals surface area contributed by atoms with Crippen LogP contribution in [-0.4, -0.2) is 34.8 Å². The molecule has 0 aliphatic rings. The summed E-state index contributed by atoms with van der Waals surface area (Å²) in [5.74, 6) is -1.99. The first-order valence-corrected chi connectivity index (χ1v) is 5.74. The second kappa shape index (κ2) is 6.13. The molecule has 0 fully saturated rings. The highest BCUT2D eigenvalue weighted by atomic mass is 32.2. The minimum absolute atomic E-state index is 0.140. The highest BCUT2D eigenvalue weighted by Crippen LogP contribution is 2.29. The number of carboxylic acids is 1. The van der Waals surface area contributed by atoms with Crippen LogP contribution in [-0.2, 0) is 9.59 Å². The number of halogens is 3. The zero-order chi connectivity index (χ0) is 13.7. The van der Waals surface area contributed by atoms with Gasteiger partial charge < -0.3 is 10.4 Å². The van der Waals surface area contributed by atoms with Crippen molar-refractivity contribution in [3.63, 3.8) is 0 Å². The SMILES string of the molecule is CC(C)(CC(=O)NCCSC(F)(F)F)C(=O)O. The monoisotopic (exact) mass is 273 g/mol. The number of hydrogen-bond acceptors (Lipinski definition) is 3. The zero-order valence-electron chi connectivity index (χ0n) is 9.43. The lowest BCUT2D eigenvalue weighted by Crippen LogP contribution is -2.34. The summed E-state index contributed by atoms with van der Waals surface area (Å²) in [6.07, 6.45) is -0.265. The summed E-state index contributed by atoms with van der Waals surface area (Å²) in [5.41, 5.74) is -5.54. The summed E-state index contributed by atoms with van der Waals surface area (Å²) >= 11 is -0.231. The quantitative estimate of drug-likeness (QED) is 0.725. The molecule has 4 nitrogen and oxygen atoms in total. The molecule has 8 heteroatoms. The fourth-order valence-corrected chi connectivity index (χ4v) is 1.33. The number of alkyl halides is 3. The van der Waals surface area contributed by atoms with Gasteiger partial charge in [0.05, 0.1) is 5.41 Å². The van der Waals surface area contributed by atoms with E-state index in [-0.39, 0.29) is 30.5 Å². The molecule has 100 valence electrons. The van der Waals surface area contributed by atoms with Crippen molar-refractivity contribution in [2.24, 2.45) is 5.41 Å². The van der Waals surface area contributed by atoms with E-state index in [4.69, 9.17) is 5.11 Å². The Hall–Kier alpha value is -0.920. The van der Waals surface area contributed by atoms with Crippen LogP contribution in [0.4, 0.5) is 13.2 Å². The Kier molecular flexibility index (Phi) is 5.80. The molecule has 0 aromatic heterocycles. The molecule has 0 aromatic carbocycles. The molecule has 0 saturated heterocycles. The van der Waals surface area contributed by atoms with E-state index in [1.807, 2.05) is 0 Å². The van der Waals surface area contributed by atoms with Gasteiger partial charge in [-0.05, 0) is 25.6 Å². The molecule has 0 bridgehead atoms. The summed E-state index contributed by atoms with van der Waals surface area (Å²) in [6, 6.07) is 0. The second-order valence-corrected chi connectivity index (χ2v) is 5.17. The maximum absolute atomic E-state index is 11.7. The van der Waals surface area contributed by atoms with Crippen molar-refractivity contribution in [3.05, 3.63) is 0 Å². The predicted octanol–water partition coefficient (Wildman–Crippen LogP) is 1.86. The van der Waals surface area contributed by atoms with Crippen LogP contribution < -0.4 is 5.32 Å². The maximum atomic E-state index is 11.7. The number of hydrogen-bond donors (Lipinski definition) is 2. The van der Waals surface area contributed by atoms with E-state index in [0.717, 1.165) is 0 Å². The van der Waals surface area contributed by atoms with Gasteiger partial charge in [0.2, 0.25) is 5.91 Å². The van der Waals surface area contributed by atoms with E-state index in [0.29, 0.717) is 0 Å². The van der Waals surface area contributed by atoms with Crippen LogP contribution in [0.1, 0.15) is 20.3 Å². The van der Waals surface area contributed by atoms with Crippen molar-refractivity contribution in [1.29, 1.82) is 0 Å². The van der Waals surface area contributed by atoms with E-state index in [1.54, 1.807) is 0 Å². The van der Waals surface area contributed by atoms with Crippen LogP contribution in [0.3, 0.4) is 0 Å². The lowest BCUT2D eigenvalue weighted by molar-refractivity contribution is -0.149. The van der Waals surface area contributed by atoms with Crippen LogP contribution in [0.15, 0.2) is 0 Å². The average molecular weight is 273 g/mol. The summed E-state index contributed by atoms with van der Waals surface area (Å²) in [6.45, 7) is 2.61. The van der Waals surface area contributed by atoms with E-state index in [9.17, 15) is 22.8 Å². The Balaban J connectivity index is 3.86. The first-order chi connectivity index (χ1) is 7.54. The standard InChI is InChI=1S/C9H14F3NO3S/c1-8(2,7(15)16)5-6(14)13-3-4-17-9(10,11)12/h3-5H2,1-2H3,(H,13,14)(H,15,16). The number of thioether (sulfide) groups is 1. The van der Waals surface area contributed by atoms with Crippen LogP contribution in [0.25, 0.3) is 0 Å². The van der Waals surface area contributed by atoms with E-state index >= 15 is 0 Å². The fraction of sp³-hybridized carbons (Fsp3) is 0.778. The number of rotatable bonds is 6. The van der Waals surface area contributed by atoms with Gasteiger partial charge in [0.1, 0.15) is 0 Å². The van der Waals surface area contributed by atoms with Crippen molar-refractivity contribution < 1.29 is 27.9 Å². The van der Waals surface area contributed by atoms with Gasteiger partial charge in [-0.25, -0.2) is 0 Å². The number of nitrogens with one attached hydrogen (secondary N) is 1. The molecule has 0 heterocycles. The number of aliphatic carboxylic acids is 1. The first-order valence-electron chi connectivity index (χ1n) is 4.75. The van der Waals surface area contributed by atoms with Crippen LogP contribution in [0.2, 0.25) is 0 Å². The minimum Gasteiger partial charge on any atom is -0.481 e. The molecule has 0 unspecified atom stereocenters. The normalized spacial score (nSPS) is 12.3. The van der Waals surface area contributed by atoms with Gasteiger partial charge in [0.25, 0.3) is 0 Å². The molecule has 0 rings (SSSR count). The first kappa shape index (κ1) is 16.1. The van der Waals surface area contributed by atoms with E-state index in [1.165, 1.54) is 13.8 Å². The van der Waals surface area contributed by atoms with Gasteiger partial charge in [-0.3, -0.25) is 9.59 Å². The summed E-state index contributed by atoms with van der Waals surface area (Å²) in [4.78, 5) is 21.9. The molecule has 1 amide bonds. The summed E-state index contributed by atoms with van der Waals surface area (Å²) < 4.78 is 35.2. The molecule has 2 N–H and O–H groups in total. The van der Waals surface area contributed by atoms with Crippen molar-refractivity contribution >= 4 is 23.6 Å². The van der Waals surface area contributed by atoms with Crippen molar-refractivity contribution in [3.8, 4) is 0 Å². The van der Waals surface area contributed by atoms with Crippen molar-refractivity contribution in [2.45, 2.75) is 25.8 Å². The minimum atomic E-state index is -4.31. The molecule has 0 atom stereocenters. The smallest absolute Gasteiger partial charge is 0.441 e. The summed E-state index contributed by atoms with van der Waals surface area (Å²) in [5, 5.41) is 11.0. The Morgan fingerprint density at radius 1 is 1.29 bits per heavy atom. The Morgan fingerprint density at radius 2 is 1.82 bits per heavy atom. The van der Waals surface area contributed by atoms with Gasteiger partial charge in [0.15, 0.2) is 0 Å². The number of carbonyl (C=O) groups is 2. The van der Waals surface area contributed by atoms with Crippen LogP contribution in [0, 0.1) is 5.41 Å². The van der Waals surface area contributed by atoms with Crippen LogP contribution >= 0.6 is 11.8 Å². The van der Waals surface area contributed by atoms with Gasteiger partial charge in [0, 0.05) is 18.7 Å². The average Bonchev–Trinajstić information content (AvgIpc) is 2.10. The topological polar surface area (TPSA) is 66.4 Å². The highest BCUT2D eigenvalue weighted by molar-refractivity contribution is 8.00. The molecule has 0 aliphatic carbocycles. The largest absolute Gasteiger partial charge is 0.481 e. The molecule has 0 radical (unpaired) electrons. The van der Waals surface area contributed by atoms with Gasteiger partial charge in [-0.2, -0.15) is 13.2 Å². The number of amides is 1. The van der Waals surface area contributed by atoms with Gasteiger partial charge in [-0.15, -0.1) is 0 Å². The van der Waals surface area contributed by atoms with E-state index < -0.39 is 22.8 Å². The summed E-state index contributed by atoms with van der Waals surface area (Å²) in [7, 11) is 0. The lowest BCUT2D eigenvalue weighted by atomic mass is 9.89. The number of carboxylic acid groups (broad SMARTS) is 1. The molecule has 0 aromatic rings. The Morgan fingerprint density at radius 3 is 2.24 bits per heavy atom. The van der Waals surface area contributed by atoms with Crippen molar-refractivity contribution in [1.82, 2.24) is 5.32 Å². The Bertz CT molecular complexity index is 292. The maximum Gasteiger partial charge on any atom is 0.441 e. The third kappa shape index (κ3) is 7.89. The molecule has 0 aliphatic heterocycles. The second-order valence-electron chi connectivity index (χ2n) is 4.01. The Labute approximate surface area is 101 Å². The van der Waals surface area contributed by atoms with Gasteiger partial charge in [-0.1, -0.05) is 0 Å². The zero-order valence-corrected chi connectivity index (χ0v) is 10.2. The molecule has 17 heavy (non-hydrogen) atoms. The number of carbonyl (C=O) groups excluding carboxylic acids is 1. The molecular weight excluding hydrogens is 259 g/mol. The van der Waals surface area contributed by atoms with E-state index in [2.05, 4.69) is 5.32 Å². The highest BCUT2D eigenvalue weighted by Gasteiger charge is 2.30. The lowest BCUT2D eigenvalue weighted by Gasteiger charge is -2.18. The molecular formula is C9H14F3NO3S. The third-order valence-corrected chi connectivity index (χ3v) is 2.61. The fourth-order valence-electron chi connectivity index (χ4n) is 0.897. The van der Waals surface area contributed by atoms with Crippen LogP contribution in [0.5, 0.6) is 0 Å². The third-order valence-electron chi connectivity index (χ3n) is 1.87.